The summed E-state index contributed by atoms with van der Waals surface area (Å²) in [5, 5.41) is 1.34. The number of nitrogens with zero attached hydrogens (tertiary/aromatic N) is 2. The van der Waals surface area contributed by atoms with Crippen molar-refractivity contribution in [2.45, 2.75) is 17.2 Å². The van der Waals surface area contributed by atoms with Gasteiger partial charge in [0.05, 0.1) is 6.20 Å². The third-order valence-electron chi connectivity index (χ3n) is 1.19. The monoisotopic (exact) mass is 169 g/mol. The van der Waals surface area contributed by atoms with Gasteiger partial charge in [0.1, 0.15) is 5.03 Å². The molecule has 0 saturated carbocycles. The Hall–Kier alpha value is -0.610. The number of rotatable bonds is 3. The molecule has 0 spiro atoms. The van der Waals surface area contributed by atoms with E-state index in [4.69, 9.17) is 5.73 Å². The van der Waals surface area contributed by atoms with Gasteiger partial charge >= 0.3 is 0 Å². The molecule has 3 nitrogen and oxygen atoms in total. The average molecular weight is 169 g/mol. The van der Waals surface area contributed by atoms with Crippen molar-refractivity contribution in [1.29, 1.82) is 0 Å². The highest BCUT2D eigenvalue weighted by molar-refractivity contribution is 7.99. The molecule has 0 aromatic carbocycles. The minimum Gasteiger partial charge on any atom is -0.329 e. The van der Waals surface area contributed by atoms with E-state index in [1.54, 1.807) is 30.4 Å². The Labute approximate surface area is 70.4 Å². The molecule has 60 valence electrons. The fraction of sp³-hybridized carbons (Fsp3) is 0.429. The molecule has 0 radical (unpaired) electrons. The second-order valence-electron chi connectivity index (χ2n) is 2.21. The van der Waals surface area contributed by atoms with E-state index in [-0.39, 0.29) is 0 Å². The molecule has 0 aliphatic heterocycles. The summed E-state index contributed by atoms with van der Waals surface area (Å²) < 4.78 is 0. The quantitative estimate of drug-likeness (QED) is 0.683. The lowest BCUT2D eigenvalue weighted by Gasteiger charge is -2.05. The molecular formula is C7H11N3S. The van der Waals surface area contributed by atoms with Crippen molar-refractivity contribution < 1.29 is 0 Å². The van der Waals surface area contributed by atoms with Crippen LogP contribution in [0.4, 0.5) is 0 Å². The largest absolute Gasteiger partial charge is 0.329 e. The first-order valence-electron chi connectivity index (χ1n) is 3.45. The Balaban J connectivity index is 2.51. The zero-order valence-corrected chi connectivity index (χ0v) is 7.21. The van der Waals surface area contributed by atoms with Gasteiger partial charge in [0.25, 0.3) is 0 Å². The Morgan fingerprint density at radius 3 is 3.00 bits per heavy atom. The van der Waals surface area contributed by atoms with Crippen molar-refractivity contribution in [3.05, 3.63) is 18.6 Å². The van der Waals surface area contributed by atoms with Gasteiger partial charge in [-0.1, -0.05) is 6.92 Å². The maximum Gasteiger partial charge on any atom is 0.115 e. The molecule has 1 aromatic heterocycles. The summed E-state index contributed by atoms with van der Waals surface area (Å²) in [5.41, 5.74) is 5.45. The van der Waals surface area contributed by atoms with Gasteiger partial charge in [-0.25, -0.2) is 4.98 Å². The third-order valence-corrected chi connectivity index (χ3v) is 2.24. The molecule has 0 fully saturated rings. The second kappa shape index (κ2) is 4.31. The molecule has 1 rings (SSSR count). The van der Waals surface area contributed by atoms with Crippen LogP contribution in [0.1, 0.15) is 6.92 Å². The van der Waals surface area contributed by atoms with E-state index in [1.165, 1.54) is 0 Å². The van der Waals surface area contributed by atoms with Crippen LogP contribution in [-0.4, -0.2) is 21.8 Å². The maximum absolute atomic E-state index is 5.45. The van der Waals surface area contributed by atoms with Crippen molar-refractivity contribution in [2.24, 2.45) is 5.73 Å². The first-order chi connectivity index (χ1) is 5.33. The van der Waals surface area contributed by atoms with E-state index in [2.05, 4.69) is 16.9 Å². The topological polar surface area (TPSA) is 51.8 Å². The fourth-order valence-corrected chi connectivity index (χ4v) is 1.35. The van der Waals surface area contributed by atoms with Gasteiger partial charge in [-0.15, -0.1) is 11.8 Å². The predicted octanol–water partition coefficient (Wildman–Crippen LogP) is 0.916. The molecule has 0 saturated heterocycles. The van der Waals surface area contributed by atoms with Crippen LogP contribution < -0.4 is 5.73 Å². The van der Waals surface area contributed by atoms with E-state index in [1.807, 2.05) is 0 Å². The predicted molar refractivity (Wildman–Crippen MR) is 46.4 cm³/mol. The molecule has 2 N–H and O–H groups in total. The van der Waals surface area contributed by atoms with Crippen molar-refractivity contribution in [2.75, 3.05) is 6.54 Å². The summed E-state index contributed by atoms with van der Waals surface area (Å²) in [5.74, 6) is 0. The summed E-state index contributed by atoms with van der Waals surface area (Å²) >= 11 is 1.64. The summed E-state index contributed by atoms with van der Waals surface area (Å²) in [6.45, 7) is 2.74. The summed E-state index contributed by atoms with van der Waals surface area (Å²) in [6.07, 6.45) is 5.10. The zero-order valence-electron chi connectivity index (χ0n) is 6.40. The van der Waals surface area contributed by atoms with Crippen molar-refractivity contribution >= 4 is 11.8 Å². The van der Waals surface area contributed by atoms with Crippen molar-refractivity contribution in [3.8, 4) is 0 Å². The van der Waals surface area contributed by atoms with Gasteiger partial charge in [0.2, 0.25) is 0 Å². The van der Waals surface area contributed by atoms with Gasteiger partial charge in [0, 0.05) is 24.2 Å². The maximum atomic E-state index is 5.45. The van der Waals surface area contributed by atoms with Crippen molar-refractivity contribution in [3.63, 3.8) is 0 Å². The van der Waals surface area contributed by atoms with Crippen LogP contribution in [0.2, 0.25) is 0 Å². The highest BCUT2D eigenvalue weighted by Crippen LogP contribution is 2.17. The molecule has 1 aromatic rings. The third kappa shape index (κ3) is 2.86. The Morgan fingerprint density at radius 2 is 2.45 bits per heavy atom. The summed E-state index contributed by atoms with van der Waals surface area (Å²) in [6, 6.07) is 0. The normalized spacial score (nSPS) is 12.9. The lowest BCUT2D eigenvalue weighted by Crippen LogP contribution is -2.12. The Bertz CT molecular complexity index is 202. The minimum absolute atomic E-state index is 0.409. The second-order valence-corrected chi connectivity index (χ2v) is 3.67. The Kier molecular flexibility index (Phi) is 3.32. The lowest BCUT2D eigenvalue weighted by molar-refractivity contribution is 0.940. The molecule has 11 heavy (non-hydrogen) atoms. The fourth-order valence-electron chi connectivity index (χ4n) is 0.601. The average Bonchev–Trinajstić information content (AvgIpc) is 2.06. The first-order valence-corrected chi connectivity index (χ1v) is 4.33. The van der Waals surface area contributed by atoms with Crippen LogP contribution in [0.25, 0.3) is 0 Å². The van der Waals surface area contributed by atoms with Crippen LogP contribution in [0.15, 0.2) is 23.6 Å². The van der Waals surface area contributed by atoms with Crippen LogP contribution in [0, 0.1) is 0 Å². The van der Waals surface area contributed by atoms with Gasteiger partial charge in [0.15, 0.2) is 0 Å². The molecule has 1 unspecified atom stereocenters. The van der Waals surface area contributed by atoms with Gasteiger partial charge in [-0.3, -0.25) is 4.98 Å². The standard InChI is InChI=1S/C7H11N3S/c1-6(4-8)11-7-5-9-2-3-10-7/h2-3,5-6H,4,8H2,1H3. The number of aromatic nitrogens is 2. The molecule has 4 heteroatoms. The van der Waals surface area contributed by atoms with Gasteiger partial charge in [-0.05, 0) is 0 Å². The molecule has 1 atom stereocenters. The Morgan fingerprint density at radius 1 is 1.64 bits per heavy atom. The van der Waals surface area contributed by atoms with Crippen LogP contribution in [0.3, 0.4) is 0 Å². The lowest BCUT2D eigenvalue weighted by atomic mass is 10.5. The van der Waals surface area contributed by atoms with Crippen LogP contribution in [-0.2, 0) is 0 Å². The molecule has 0 bridgehead atoms. The van der Waals surface area contributed by atoms with E-state index in [9.17, 15) is 0 Å². The minimum atomic E-state index is 0.409. The summed E-state index contributed by atoms with van der Waals surface area (Å²) in [7, 11) is 0. The highest BCUT2D eigenvalue weighted by Gasteiger charge is 2.01. The number of hydrogen-bond acceptors (Lipinski definition) is 4. The zero-order chi connectivity index (χ0) is 8.10. The van der Waals surface area contributed by atoms with E-state index in [0.29, 0.717) is 11.8 Å². The van der Waals surface area contributed by atoms with Gasteiger partial charge in [-0.2, -0.15) is 0 Å². The van der Waals surface area contributed by atoms with E-state index in [0.717, 1.165) is 5.03 Å². The SMILES string of the molecule is CC(CN)Sc1cnccn1. The van der Waals surface area contributed by atoms with E-state index >= 15 is 0 Å². The van der Waals surface area contributed by atoms with Crippen molar-refractivity contribution in [1.82, 2.24) is 9.97 Å². The number of hydrogen-bond donors (Lipinski definition) is 1. The van der Waals surface area contributed by atoms with Gasteiger partial charge < -0.3 is 5.73 Å². The molecule has 0 amide bonds. The highest BCUT2D eigenvalue weighted by atomic mass is 32.2. The first kappa shape index (κ1) is 8.49. The van der Waals surface area contributed by atoms with Crippen LogP contribution in [0.5, 0.6) is 0 Å². The van der Waals surface area contributed by atoms with Crippen LogP contribution >= 0.6 is 11.8 Å². The molecule has 0 aliphatic rings. The molecule has 0 aliphatic carbocycles. The number of thioether (sulfide) groups is 1. The molecule has 1 heterocycles. The molecular weight excluding hydrogens is 158 g/mol. The summed E-state index contributed by atoms with van der Waals surface area (Å²) in [4.78, 5) is 8.06. The van der Waals surface area contributed by atoms with E-state index < -0.39 is 0 Å². The smallest absolute Gasteiger partial charge is 0.115 e. The number of nitrogens with two attached hydrogens (primary N) is 1.